The van der Waals surface area contributed by atoms with Gasteiger partial charge in [-0.2, -0.15) is 0 Å². The molecule has 0 aliphatic carbocycles. The third kappa shape index (κ3) is 4.25. The van der Waals surface area contributed by atoms with E-state index >= 15 is 0 Å². The number of anilines is 1. The van der Waals surface area contributed by atoms with Gasteiger partial charge in [-0.1, -0.05) is 6.07 Å². The first-order valence-electron chi connectivity index (χ1n) is 8.91. The van der Waals surface area contributed by atoms with Crippen molar-refractivity contribution in [1.29, 1.82) is 0 Å². The molecule has 1 N–H and O–H groups in total. The molecule has 6 nitrogen and oxygen atoms in total. The van der Waals surface area contributed by atoms with E-state index in [2.05, 4.69) is 15.2 Å². The summed E-state index contributed by atoms with van der Waals surface area (Å²) in [5.74, 6) is 1.93. The standard InChI is InChI=1S/C20H25N3O3/c1-25-16-7-8-18(26-2)17(12-16)20(24)22-14-15-6-9-19(21-13-15)23-10-4-3-5-11-23/h6-9,12-13H,3-5,10-11,14H2,1-2H3,(H,22,24). The number of carbonyl (C=O) groups excluding carboxylic acids is 1. The third-order valence-electron chi connectivity index (χ3n) is 4.59. The van der Waals surface area contributed by atoms with Crippen LogP contribution >= 0.6 is 0 Å². The highest BCUT2D eigenvalue weighted by Gasteiger charge is 2.14. The first-order chi connectivity index (χ1) is 12.7. The number of carbonyl (C=O) groups is 1. The highest BCUT2D eigenvalue weighted by atomic mass is 16.5. The van der Waals surface area contributed by atoms with Gasteiger partial charge >= 0.3 is 0 Å². The Morgan fingerprint density at radius 3 is 2.58 bits per heavy atom. The van der Waals surface area contributed by atoms with Crippen LogP contribution in [0, 0.1) is 0 Å². The normalized spacial score (nSPS) is 14.0. The first kappa shape index (κ1) is 18.0. The van der Waals surface area contributed by atoms with E-state index in [0.29, 0.717) is 23.6 Å². The quantitative estimate of drug-likeness (QED) is 0.863. The fourth-order valence-corrected chi connectivity index (χ4v) is 3.10. The van der Waals surface area contributed by atoms with Crippen molar-refractivity contribution in [2.24, 2.45) is 0 Å². The van der Waals surface area contributed by atoms with Crippen LogP contribution in [0.5, 0.6) is 11.5 Å². The predicted molar refractivity (Wildman–Crippen MR) is 101 cm³/mol. The van der Waals surface area contributed by atoms with Gasteiger partial charge in [-0.3, -0.25) is 4.79 Å². The molecule has 1 fully saturated rings. The summed E-state index contributed by atoms with van der Waals surface area (Å²) in [7, 11) is 3.11. The molecule has 3 rings (SSSR count). The molecular weight excluding hydrogens is 330 g/mol. The van der Waals surface area contributed by atoms with E-state index in [4.69, 9.17) is 9.47 Å². The van der Waals surface area contributed by atoms with Crippen LogP contribution in [0.1, 0.15) is 35.2 Å². The lowest BCUT2D eigenvalue weighted by molar-refractivity contribution is 0.0947. The summed E-state index contributed by atoms with van der Waals surface area (Å²) in [6, 6.07) is 9.20. The van der Waals surface area contributed by atoms with Crippen molar-refractivity contribution in [2.75, 3.05) is 32.2 Å². The average Bonchev–Trinajstić information content (AvgIpc) is 2.72. The van der Waals surface area contributed by atoms with Crippen LogP contribution in [-0.2, 0) is 6.54 Å². The Kier molecular flexibility index (Phi) is 5.94. The summed E-state index contributed by atoms with van der Waals surface area (Å²) in [6.45, 7) is 2.55. The first-order valence-corrected chi connectivity index (χ1v) is 8.91. The van der Waals surface area contributed by atoms with E-state index in [1.54, 1.807) is 32.4 Å². The minimum absolute atomic E-state index is 0.208. The summed E-state index contributed by atoms with van der Waals surface area (Å²) in [5.41, 5.74) is 1.41. The number of ether oxygens (including phenoxy) is 2. The number of nitrogens with zero attached hydrogens (tertiary/aromatic N) is 2. The number of benzene rings is 1. The number of nitrogens with one attached hydrogen (secondary N) is 1. The summed E-state index contributed by atoms with van der Waals surface area (Å²) >= 11 is 0. The van der Waals surface area contributed by atoms with Crippen molar-refractivity contribution in [2.45, 2.75) is 25.8 Å². The summed E-state index contributed by atoms with van der Waals surface area (Å²) in [5, 5.41) is 2.91. The van der Waals surface area contributed by atoms with Gasteiger partial charge in [-0.05, 0) is 49.1 Å². The van der Waals surface area contributed by atoms with Gasteiger partial charge in [0.15, 0.2) is 0 Å². The van der Waals surface area contributed by atoms with Gasteiger partial charge < -0.3 is 19.7 Å². The zero-order valence-corrected chi connectivity index (χ0v) is 15.3. The fourth-order valence-electron chi connectivity index (χ4n) is 3.10. The average molecular weight is 355 g/mol. The van der Waals surface area contributed by atoms with Crippen LogP contribution in [0.2, 0.25) is 0 Å². The maximum atomic E-state index is 12.5. The van der Waals surface area contributed by atoms with Crippen molar-refractivity contribution < 1.29 is 14.3 Å². The number of amides is 1. The number of rotatable bonds is 6. The van der Waals surface area contributed by atoms with Gasteiger partial charge in [0, 0.05) is 25.8 Å². The fraction of sp³-hybridized carbons (Fsp3) is 0.400. The van der Waals surface area contributed by atoms with E-state index in [9.17, 15) is 4.79 Å². The zero-order valence-electron chi connectivity index (χ0n) is 15.3. The lowest BCUT2D eigenvalue weighted by Crippen LogP contribution is -2.30. The molecule has 0 atom stereocenters. The van der Waals surface area contributed by atoms with E-state index < -0.39 is 0 Å². The SMILES string of the molecule is COc1ccc(OC)c(C(=O)NCc2ccc(N3CCCCC3)nc2)c1. The highest BCUT2D eigenvalue weighted by molar-refractivity contribution is 5.97. The number of hydrogen-bond acceptors (Lipinski definition) is 5. The van der Waals surface area contributed by atoms with Crippen LogP contribution in [0.25, 0.3) is 0 Å². The monoisotopic (exact) mass is 355 g/mol. The molecule has 26 heavy (non-hydrogen) atoms. The van der Waals surface area contributed by atoms with Crippen LogP contribution in [0.4, 0.5) is 5.82 Å². The molecule has 0 bridgehead atoms. The molecular formula is C20H25N3O3. The molecule has 1 aliphatic rings. The molecule has 0 radical (unpaired) electrons. The molecule has 1 aromatic heterocycles. The number of aromatic nitrogens is 1. The zero-order chi connectivity index (χ0) is 18.4. The summed E-state index contributed by atoms with van der Waals surface area (Å²) in [4.78, 5) is 19.4. The van der Waals surface area contributed by atoms with Crippen LogP contribution in [0.15, 0.2) is 36.5 Å². The highest BCUT2D eigenvalue weighted by Crippen LogP contribution is 2.24. The molecule has 1 aliphatic heterocycles. The van der Waals surface area contributed by atoms with Crippen molar-refractivity contribution in [3.63, 3.8) is 0 Å². The lowest BCUT2D eigenvalue weighted by Gasteiger charge is -2.27. The molecule has 6 heteroatoms. The van der Waals surface area contributed by atoms with E-state index in [-0.39, 0.29) is 5.91 Å². The Bertz CT molecular complexity index is 740. The number of methoxy groups -OCH3 is 2. The van der Waals surface area contributed by atoms with Crippen molar-refractivity contribution in [1.82, 2.24) is 10.3 Å². The minimum atomic E-state index is -0.208. The Morgan fingerprint density at radius 2 is 1.92 bits per heavy atom. The van der Waals surface area contributed by atoms with Gasteiger partial charge in [0.2, 0.25) is 0 Å². The van der Waals surface area contributed by atoms with Crippen molar-refractivity contribution >= 4 is 11.7 Å². The Balaban J connectivity index is 1.62. The van der Waals surface area contributed by atoms with Gasteiger partial charge in [0.1, 0.15) is 17.3 Å². The molecule has 0 spiro atoms. The molecule has 138 valence electrons. The summed E-state index contributed by atoms with van der Waals surface area (Å²) in [6.07, 6.45) is 5.57. The van der Waals surface area contributed by atoms with Gasteiger partial charge in [-0.15, -0.1) is 0 Å². The molecule has 1 saturated heterocycles. The molecule has 1 aromatic carbocycles. The summed E-state index contributed by atoms with van der Waals surface area (Å²) < 4.78 is 10.5. The Labute approximate surface area is 154 Å². The molecule has 0 unspecified atom stereocenters. The molecule has 0 saturated carbocycles. The number of piperidine rings is 1. The molecule has 2 heterocycles. The van der Waals surface area contributed by atoms with Crippen LogP contribution < -0.4 is 19.7 Å². The second-order valence-corrected chi connectivity index (χ2v) is 6.32. The smallest absolute Gasteiger partial charge is 0.255 e. The molecule has 1 amide bonds. The van der Waals surface area contributed by atoms with Gasteiger partial charge in [0.05, 0.1) is 19.8 Å². The second kappa shape index (κ2) is 8.56. The number of hydrogen-bond donors (Lipinski definition) is 1. The van der Waals surface area contributed by atoms with E-state index in [0.717, 1.165) is 24.5 Å². The van der Waals surface area contributed by atoms with Gasteiger partial charge in [-0.25, -0.2) is 4.98 Å². The van der Waals surface area contributed by atoms with Crippen LogP contribution in [-0.4, -0.2) is 38.2 Å². The topological polar surface area (TPSA) is 63.7 Å². The van der Waals surface area contributed by atoms with Crippen molar-refractivity contribution in [3.05, 3.63) is 47.7 Å². The van der Waals surface area contributed by atoms with Gasteiger partial charge in [0.25, 0.3) is 5.91 Å². The van der Waals surface area contributed by atoms with Crippen molar-refractivity contribution in [3.8, 4) is 11.5 Å². The lowest BCUT2D eigenvalue weighted by atomic mass is 10.1. The minimum Gasteiger partial charge on any atom is -0.497 e. The Morgan fingerprint density at radius 1 is 1.12 bits per heavy atom. The van der Waals surface area contributed by atoms with Crippen LogP contribution in [0.3, 0.4) is 0 Å². The largest absolute Gasteiger partial charge is 0.497 e. The predicted octanol–water partition coefficient (Wildman–Crippen LogP) is 3.02. The number of pyridine rings is 1. The Hall–Kier alpha value is -2.76. The third-order valence-corrected chi connectivity index (χ3v) is 4.59. The molecule has 2 aromatic rings. The van der Waals surface area contributed by atoms with E-state index in [1.807, 2.05) is 18.3 Å². The maximum absolute atomic E-state index is 12.5. The second-order valence-electron chi connectivity index (χ2n) is 6.32. The maximum Gasteiger partial charge on any atom is 0.255 e. The van der Waals surface area contributed by atoms with E-state index in [1.165, 1.54) is 19.3 Å².